The Morgan fingerprint density at radius 1 is 1.52 bits per heavy atom. The number of aryl methyl sites for hydroxylation is 1. The van der Waals surface area contributed by atoms with Gasteiger partial charge < -0.3 is 14.5 Å². The van der Waals surface area contributed by atoms with Crippen LogP contribution in [-0.2, 0) is 9.30 Å². The van der Waals surface area contributed by atoms with E-state index < -0.39 is 49.3 Å². The van der Waals surface area contributed by atoms with Crippen molar-refractivity contribution in [1.82, 2.24) is 9.55 Å². The van der Waals surface area contributed by atoms with E-state index in [0.29, 0.717) is 0 Å². The first-order valence-corrected chi connectivity index (χ1v) is 8.32. The minimum Gasteiger partial charge on any atom is -0.352 e. The molecule has 11 heteroatoms. The Morgan fingerprint density at radius 2 is 2.17 bits per heavy atom. The van der Waals surface area contributed by atoms with Crippen molar-refractivity contribution >= 4 is 7.60 Å². The molecule has 1 heterocycles. The fourth-order valence-electron chi connectivity index (χ4n) is 2.32. The third-order valence-corrected chi connectivity index (χ3v) is 4.01. The number of nitrogens with zero attached hydrogens (tertiary/aromatic N) is 1. The highest BCUT2D eigenvalue weighted by Gasteiger charge is 2.46. The van der Waals surface area contributed by atoms with Gasteiger partial charge in [-0.25, -0.2) is 13.6 Å². The van der Waals surface area contributed by atoms with Gasteiger partial charge in [-0.1, -0.05) is 0 Å². The van der Waals surface area contributed by atoms with Crippen molar-refractivity contribution in [2.24, 2.45) is 0 Å². The standard InChI is InChI=1S/C12H15F2N2O6P/c1-7-4-16(11(18)15-10(7)17)8-2-9(14)12(3-8,5-13)22-6-23(19,20)21/h2,4,8H,3,5-6H2,1H3,(H,15,17,18)(H2,19,20,21)/t8?,12-/m1/s1. The van der Waals surface area contributed by atoms with Gasteiger partial charge in [-0.2, -0.15) is 0 Å². The second-order valence-corrected chi connectivity index (χ2v) is 6.92. The van der Waals surface area contributed by atoms with Crippen LogP contribution in [0.3, 0.4) is 0 Å². The molecule has 0 radical (unpaired) electrons. The molecule has 0 saturated heterocycles. The first-order chi connectivity index (χ1) is 10.6. The van der Waals surface area contributed by atoms with Gasteiger partial charge in [-0.15, -0.1) is 0 Å². The molecule has 0 aromatic carbocycles. The van der Waals surface area contributed by atoms with Crippen LogP contribution in [0.1, 0.15) is 18.0 Å². The van der Waals surface area contributed by atoms with E-state index in [1.165, 1.54) is 13.1 Å². The van der Waals surface area contributed by atoms with Gasteiger partial charge in [-0.3, -0.25) is 18.9 Å². The smallest absolute Gasteiger partial charge is 0.351 e. The molecule has 128 valence electrons. The van der Waals surface area contributed by atoms with Crippen molar-refractivity contribution in [2.75, 3.05) is 13.0 Å². The highest BCUT2D eigenvalue weighted by molar-refractivity contribution is 7.51. The van der Waals surface area contributed by atoms with Gasteiger partial charge in [0, 0.05) is 18.2 Å². The largest absolute Gasteiger partial charge is 0.352 e. The maximum Gasteiger partial charge on any atom is 0.351 e. The summed E-state index contributed by atoms with van der Waals surface area (Å²) >= 11 is 0. The molecular formula is C12H15F2N2O6P. The van der Waals surface area contributed by atoms with Crippen molar-refractivity contribution in [3.05, 3.63) is 44.5 Å². The summed E-state index contributed by atoms with van der Waals surface area (Å²) in [6.45, 7) is 0.0827. The second-order valence-electron chi connectivity index (χ2n) is 5.33. The topological polar surface area (TPSA) is 122 Å². The summed E-state index contributed by atoms with van der Waals surface area (Å²) in [7, 11) is -4.61. The molecule has 1 unspecified atom stereocenters. The zero-order valence-electron chi connectivity index (χ0n) is 12.0. The number of H-pyrrole nitrogens is 1. The van der Waals surface area contributed by atoms with Crippen LogP contribution in [0, 0.1) is 6.92 Å². The lowest BCUT2D eigenvalue weighted by atomic mass is 10.0. The maximum absolute atomic E-state index is 14.1. The molecule has 0 fully saturated rings. The van der Waals surface area contributed by atoms with E-state index >= 15 is 0 Å². The molecule has 0 aliphatic heterocycles. The van der Waals surface area contributed by atoms with Gasteiger partial charge in [0.2, 0.25) is 0 Å². The summed E-state index contributed by atoms with van der Waals surface area (Å²) in [5.74, 6) is -1.06. The quantitative estimate of drug-likeness (QED) is 0.664. The summed E-state index contributed by atoms with van der Waals surface area (Å²) in [4.78, 5) is 42.8. The molecule has 0 saturated carbocycles. The van der Waals surface area contributed by atoms with Crippen LogP contribution in [0.5, 0.6) is 0 Å². The fourth-order valence-corrected chi connectivity index (χ4v) is 2.73. The van der Waals surface area contributed by atoms with Crippen molar-refractivity contribution in [3.8, 4) is 0 Å². The Balaban J connectivity index is 2.33. The maximum atomic E-state index is 14.1. The van der Waals surface area contributed by atoms with Crippen molar-refractivity contribution < 1.29 is 27.9 Å². The number of aromatic nitrogens is 2. The Bertz CT molecular complexity index is 797. The van der Waals surface area contributed by atoms with E-state index in [1.807, 2.05) is 4.98 Å². The lowest BCUT2D eigenvalue weighted by Crippen LogP contribution is -2.37. The first kappa shape index (κ1) is 17.7. The molecule has 2 atom stereocenters. The van der Waals surface area contributed by atoms with E-state index in [9.17, 15) is 22.9 Å². The lowest BCUT2D eigenvalue weighted by Gasteiger charge is -2.27. The molecule has 2 rings (SSSR count). The van der Waals surface area contributed by atoms with Gasteiger partial charge >= 0.3 is 13.3 Å². The van der Waals surface area contributed by atoms with Gasteiger partial charge in [0.1, 0.15) is 18.8 Å². The Labute approximate surface area is 128 Å². The number of halogens is 2. The average molecular weight is 352 g/mol. The van der Waals surface area contributed by atoms with Crippen LogP contribution in [0.2, 0.25) is 0 Å². The number of nitrogens with one attached hydrogen (secondary N) is 1. The second kappa shape index (κ2) is 6.12. The molecule has 0 spiro atoms. The molecule has 1 aromatic heterocycles. The fraction of sp³-hybridized carbons (Fsp3) is 0.500. The van der Waals surface area contributed by atoms with Crippen LogP contribution in [0.15, 0.2) is 27.7 Å². The number of hydrogen-bond donors (Lipinski definition) is 3. The molecule has 0 bridgehead atoms. The summed E-state index contributed by atoms with van der Waals surface area (Å²) in [5.41, 5.74) is -3.36. The van der Waals surface area contributed by atoms with E-state index in [2.05, 4.69) is 0 Å². The zero-order chi connectivity index (χ0) is 17.4. The van der Waals surface area contributed by atoms with Crippen LogP contribution >= 0.6 is 7.60 Å². The van der Waals surface area contributed by atoms with Crippen molar-refractivity contribution in [1.29, 1.82) is 0 Å². The monoisotopic (exact) mass is 352 g/mol. The summed E-state index contributed by atoms with van der Waals surface area (Å²) in [6.07, 6.45) is 0.608. The van der Waals surface area contributed by atoms with Crippen LogP contribution in [0.25, 0.3) is 0 Å². The average Bonchev–Trinajstić information content (AvgIpc) is 2.77. The molecule has 8 nitrogen and oxygen atoms in total. The molecule has 23 heavy (non-hydrogen) atoms. The van der Waals surface area contributed by atoms with Crippen LogP contribution in [0.4, 0.5) is 8.78 Å². The van der Waals surface area contributed by atoms with E-state index in [4.69, 9.17) is 14.5 Å². The summed E-state index contributed by atoms with van der Waals surface area (Å²) in [6, 6.07) is -0.953. The lowest BCUT2D eigenvalue weighted by molar-refractivity contribution is -0.0335. The number of aromatic amines is 1. The predicted octanol–water partition coefficient (Wildman–Crippen LogP) is 0.503. The van der Waals surface area contributed by atoms with Crippen molar-refractivity contribution in [2.45, 2.75) is 25.0 Å². The number of alkyl halides is 1. The van der Waals surface area contributed by atoms with E-state index in [1.54, 1.807) is 0 Å². The summed E-state index contributed by atoms with van der Waals surface area (Å²) in [5, 5.41) is 0. The molecule has 3 N–H and O–H groups in total. The highest BCUT2D eigenvalue weighted by Crippen LogP contribution is 2.44. The normalized spacial score (nSPS) is 24.7. The van der Waals surface area contributed by atoms with E-state index in [0.717, 1.165) is 10.6 Å². The predicted molar refractivity (Wildman–Crippen MR) is 75.6 cm³/mol. The van der Waals surface area contributed by atoms with Crippen LogP contribution < -0.4 is 11.2 Å². The molecular weight excluding hydrogens is 337 g/mol. The summed E-state index contributed by atoms with van der Waals surface area (Å²) < 4.78 is 44.1. The minimum atomic E-state index is -4.61. The minimum absolute atomic E-state index is 0.201. The number of ether oxygens (including phenoxy) is 1. The Morgan fingerprint density at radius 3 is 2.74 bits per heavy atom. The number of rotatable bonds is 5. The van der Waals surface area contributed by atoms with Crippen molar-refractivity contribution in [3.63, 3.8) is 0 Å². The molecule has 1 aromatic rings. The molecule has 1 aliphatic carbocycles. The van der Waals surface area contributed by atoms with Crippen LogP contribution in [-0.4, -0.2) is 38.0 Å². The van der Waals surface area contributed by atoms with E-state index in [-0.39, 0.29) is 12.0 Å². The number of allylic oxidation sites excluding steroid dienone is 1. The Hall–Kier alpha value is -1.61. The molecule has 0 amide bonds. The Kier molecular flexibility index (Phi) is 4.72. The first-order valence-electron chi connectivity index (χ1n) is 6.52. The highest BCUT2D eigenvalue weighted by atomic mass is 31.2. The van der Waals surface area contributed by atoms with Gasteiger partial charge in [0.15, 0.2) is 5.60 Å². The van der Waals surface area contributed by atoms with Gasteiger partial charge in [0.05, 0.1) is 6.04 Å². The number of hydrogen-bond acceptors (Lipinski definition) is 4. The third-order valence-electron chi connectivity index (χ3n) is 3.54. The molecule has 1 aliphatic rings. The SMILES string of the molecule is Cc1cn(C2C=C(F)[C@@](CF)(OCP(=O)(O)O)C2)c(=O)[nH]c1=O. The van der Waals surface area contributed by atoms with Gasteiger partial charge in [0.25, 0.3) is 5.56 Å². The zero-order valence-corrected chi connectivity index (χ0v) is 12.9. The third kappa shape index (κ3) is 3.66. The van der Waals surface area contributed by atoms with Gasteiger partial charge in [-0.05, 0) is 13.0 Å².